The van der Waals surface area contributed by atoms with Gasteiger partial charge in [-0.05, 0) is 56.5 Å². The Bertz CT molecular complexity index is 1170. The SMILES string of the molecule is CCOc1ncccc1C(=O)N1CCCNC(=O)[C@H](C)N(C)C(=O)[C@H](Cc2ccc(OC)cc2)NC(=O)CCC1. The third-order valence-electron chi connectivity index (χ3n) is 6.85. The van der Waals surface area contributed by atoms with E-state index in [0.717, 1.165) is 5.56 Å². The van der Waals surface area contributed by atoms with Gasteiger partial charge in [-0.25, -0.2) is 4.98 Å². The number of benzene rings is 1. The zero-order chi connectivity index (χ0) is 29.1. The molecule has 2 aromatic rings. The molecular weight excluding hydrogens is 514 g/mol. The molecule has 2 atom stereocenters. The summed E-state index contributed by atoms with van der Waals surface area (Å²) in [4.78, 5) is 59.9. The van der Waals surface area contributed by atoms with Crippen LogP contribution in [0.25, 0.3) is 0 Å². The lowest BCUT2D eigenvalue weighted by Crippen LogP contribution is -2.54. The van der Waals surface area contributed by atoms with Crippen LogP contribution < -0.4 is 20.1 Å². The molecule has 0 aliphatic carbocycles. The Hall–Kier alpha value is -4.15. The second kappa shape index (κ2) is 14.9. The maximum absolute atomic E-state index is 13.4. The number of ether oxygens (including phenoxy) is 2. The number of rotatable bonds is 6. The molecule has 1 aromatic heterocycles. The van der Waals surface area contributed by atoms with Crippen LogP contribution in [0.3, 0.4) is 0 Å². The van der Waals surface area contributed by atoms with Crippen LogP contribution in [0.15, 0.2) is 42.6 Å². The highest BCUT2D eigenvalue weighted by atomic mass is 16.5. The van der Waals surface area contributed by atoms with Crippen LogP contribution in [-0.4, -0.2) is 90.9 Å². The smallest absolute Gasteiger partial charge is 0.259 e. The third kappa shape index (κ3) is 8.17. The first kappa shape index (κ1) is 30.4. The number of likely N-dealkylation sites (N-methyl/N-ethyl adjacent to an activating group) is 1. The summed E-state index contributed by atoms with van der Waals surface area (Å²) < 4.78 is 10.8. The highest BCUT2D eigenvalue weighted by molar-refractivity contribution is 5.96. The molecule has 0 bridgehead atoms. The van der Waals surface area contributed by atoms with Crippen molar-refractivity contribution in [2.45, 2.75) is 51.6 Å². The number of hydrogen-bond acceptors (Lipinski definition) is 7. The molecule has 1 saturated heterocycles. The molecule has 0 unspecified atom stereocenters. The average Bonchev–Trinajstić information content (AvgIpc) is 2.97. The molecule has 1 aliphatic heterocycles. The summed E-state index contributed by atoms with van der Waals surface area (Å²) in [7, 11) is 3.13. The molecule has 11 heteroatoms. The van der Waals surface area contributed by atoms with Gasteiger partial charge in [0, 0.05) is 45.7 Å². The van der Waals surface area contributed by atoms with E-state index < -0.39 is 12.1 Å². The summed E-state index contributed by atoms with van der Waals surface area (Å²) in [5, 5.41) is 5.71. The predicted molar refractivity (Wildman–Crippen MR) is 149 cm³/mol. The predicted octanol–water partition coefficient (Wildman–Crippen LogP) is 1.81. The van der Waals surface area contributed by atoms with Gasteiger partial charge >= 0.3 is 0 Å². The Kier molecular flexibility index (Phi) is 11.3. The topological polar surface area (TPSA) is 130 Å². The van der Waals surface area contributed by atoms with Gasteiger partial charge in [0.1, 0.15) is 23.4 Å². The van der Waals surface area contributed by atoms with Gasteiger partial charge in [0.05, 0.1) is 13.7 Å². The molecule has 3 rings (SSSR count). The van der Waals surface area contributed by atoms with E-state index in [1.54, 1.807) is 56.4 Å². The minimum absolute atomic E-state index is 0.123. The van der Waals surface area contributed by atoms with Crippen molar-refractivity contribution < 1.29 is 28.7 Å². The van der Waals surface area contributed by atoms with Crippen molar-refractivity contribution in [3.8, 4) is 11.6 Å². The summed E-state index contributed by atoms with van der Waals surface area (Å²) in [5.41, 5.74) is 1.18. The number of methoxy groups -OCH3 is 1. The van der Waals surface area contributed by atoms with Crippen molar-refractivity contribution in [1.82, 2.24) is 25.4 Å². The van der Waals surface area contributed by atoms with Crippen LogP contribution in [0.2, 0.25) is 0 Å². The first-order valence-corrected chi connectivity index (χ1v) is 13.6. The lowest BCUT2D eigenvalue weighted by atomic mass is 10.0. The van der Waals surface area contributed by atoms with Gasteiger partial charge in [-0.1, -0.05) is 12.1 Å². The maximum Gasteiger partial charge on any atom is 0.259 e. The summed E-state index contributed by atoms with van der Waals surface area (Å²) >= 11 is 0. The van der Waals surface area contributed by atoms with E-state index in [2.05, 4.69) is 15.6 Å². The average molecular weight is 554 g/mol. The van der Waals surface area contributed by atoms with Crippen molar-refractivity contribution in [2.75, 3.05) is 40.4 Å². The number of amides is 4. The van der Waals surface area contributed by atoms with Gasteiger partial charge < -0.3 is 29.9 Å². The van der Waals surface area contributed by atoms with Crippen molar-refractivity contribution >= 4 is 23.6 Å². The fourth-order valence-corrected chi connectivity index (χ4v) is 4.43. The molecule has 1 aromatic carbocycles. The van der Waals surface area contributed by atoms with Crippen LogP contribution in [0.1, 0.15) is 49.0 Å². The Morgan fingerprint density at radius 2 is 1.82 bits per heavy atom. The highest BCUT2D eigenvalue weighted by Gasteiger charge is 2.30. The largest absolute Gasteiger partial charge is 0.497 e. The normalized spacial score (nSPS) is 19.6. The first-order chi connectivity index (χ1) is 19.2. The molecule has 1 fully saturated rings. The monoisotopic (exact) mass is 553 g/mol. The Morgan fingerprint density at radius 3 is 2.52 bits per heavy atom. The number of carbonyl (C=O) groups excluding carboxylic acids is 4. The molecule has 0 spiro atoms. The summed E-state index contributed by atoms with van der Waals surface area (Å²) in [6, 6.07) is 8.97. The van der Waals surface area contributed by atoms with E-state index >= 15 is 0 Å². The lowest BCUT2D eigenvalue weighted by Gasteiger charge is -2.29. The van der Waals surface area contributed by atoms with Crippen LogP contribution >= 0.6 is 0 Å². The fraction of sp³-hybridized carbons (Fsp3) is 0.483. The molecule has 216 valence electrons. The molecule has 2 N–H and O–H groups in total. The number of nitrogens with one attached hydrogen (secondary N) is 2. The van der Waals surface area contributed by atoms with Gasteiger partial charge in [0.2, 0.25) is 23.6 Å². The first-order valence-electron chi connectivity index (χ1n) is 13.6. The molecule has 1 aliphatic rings. The van der Waals surface area contributed by atoms with Crippen LogP contribution in [0, 0.1) is 0 Å². The van der Waals surface area contributed by atoms with E-state index in [1.807, 2.05) is 19.1 Å². The Balaban J connectivity index is 1.80. The number of hydrogen-bond donors (Lipinski definition) is 2. The molecule has 0 radical (unpaired) electrons. The van der Waals surface area contributed by atoms with Gasteiger partial charge in [-0.2, -0.15) is 0 Å². The Morgan fingerprint density at radius 1 is 1.10 bits per heavy atom. The van der Waals surface area contributed by atoms with E-state index in [1.165, 1.54) is 4.90 Å². The molecule has 4 amide bonds. The van der Waals surface area contributed by atoms with Crippen LogP contribution in [-0.2, 0) is 20.8 Å². The second-order valence-electron chi connectivity index (χ2n) is 9.63. The summed E-state index contributed by atoms with van der Waals surface area (Å²) in [5.74, 6) is -0.303. The van der Waals surface area contributed by atoms with Crippen LogP contribution in [0.4, 0.5) is 0 Å². The quantitative estimate of drug-likeness (QED) is 0.558. The number of aromatic nitrogens is 1. The highest BCUT2D eigenvalue weighted by Crippen LogP contribution is 2.18. The number of carbonyl (C=O) groups is 4. The van der Waals surface area contributed by atoms with Crippen molar-refractivity contribution in [1.29, 1.82) is 0 Å². The van der Waals surface area contributed by atoms with Crippen LogP contribution in [0.5, 0.6) is 11.6 Å². The van der Waals surface area contributed by atoms with Crippen molar-refractivity contribution in [3.05, 3.63) is 53.7 Å². The van der Waals surface area contributed by atoms with Gasteiger partial charge in [0.15, 0.2) is 0 Å². The summed E-state index contributed by atoms with van der Waals surface area (Å²) in [6.07, 6.45) is 2.83. The zero-order valence-corrected chi connectivity index (χ0v) is 23.6. The lowest BCUT2D eigenvalue weighted by molar-refractivity contribution is -0.141. The van der Waals surface area contributed by atoms with E-state index in [9.17, 15) is 19.2 Å². The molecule has 0 saturated carbocycles. The maximum atomic E-state index is 13.4. The molecule has 40 heavy (non-hydrogen) atoms. The van der Waals surface area contributed by atoms with E-state index in [-0.39, 0.29) is 42.4 Å². The number of pyridine rings is 1. The standard InChI is InChI=1S/C29H39N5O6/c1-5-40-27-23(9-6-15-31-27)28(37)34-17-7-10-25(35)32-24(19-21-11-13-22(39-4)14-12-21)29(38)33(3)20(2)26(36)30-16-8-18-34/h6,9,11-15,20,24H,5,7-8,10,16-19H2,1-4H3,(H,30,36)(H,32,35)/t20-,24-/m0/s1. The minimum Gasteiger partial charge on any atom is -0.497 e. The number of nitrogens with zero attached hydrogens (tertiary/aromatic N) is 3. The van der Waals surface area contributed by atoms with Gasteiger partial charge in [-0.15, -0.1) is 0 Å². The van der Waals surface area contributed by atoms with Crippen molar-refractivity contribution in [2.24, 2.45) is 0 Å². The Labute approximate surface area is 235 Å². The van der Waals surface area contributed by atoms with Gasteiger partial charge in [-0.3, -0.25) is 19.2 Å². The third-order valence-corrected chi connectivity index (χ3v) is 6.85. The van der Waals surface area contributed by atoms with E-state index in [4.69, 9.17) is 9.47 Å². The molecule has 2 heterocycles. The zero-order valence-electron chi connectivity index (χ0n) is 23.6. The summed E-state index contributed by atoms with van der Waals surface area (Å²) in [6.45, 7) is 4.84. The second-order valence-corrected chi connectivity index (χ2v) is 9.63. The molecule has 11 nitrogen and oxygen atoms in total. The fourth-order valence-electron chi connectivity index (χ4n) is 4.43. The molecular formula is C29H39N5O6. The van der Waals surface area contributed by atoms with Crippen molar-refractivity contribution in [3.63, 3.8) is 0 Å². The van der Waals surface area contributed by atoms with Gasteiger partial charge in [0.25, 0.3) is 5.91 Å². The van der Waals surface area contributed by atoms with E-state index in [0.29, 0.717) is 50.4 Å². The minimum atomic E-state index is -0.867.